The first-order chi connectivity index (χ1) is 9.50. The van der Waals surface area contributed by atoms with E-state index in [-0.39, 0.29) is 11.9 Å². The van der Waals surface area contributed by atoms with Crippen molar-refractivity contribution in [3.05, 3.63) is 24.0 Å². The Labute approximate surface area is 117 Å². The number of carbonyl (C=O) groups is 2. The van der Waals surface area contributed by atoms with E-state index in [1.807, 2.05) is 6.92 Å². The fraction of sp³-hybridized carbons (Fsp3) is 0.500. The normalized spacial score (nSPS) is 22.4. The van der Waals surface area contributed by atoms with Crippen LogP contribution in [0.4, 0.5) is 10.5 Å². The number of aryl methyl sites for hydroxylation is 1. The summed E-state index contributed by atoms with van der Waals surface area (Å²) in [4.78, 5) is 29.2. The molecular weight excluding hydrogens is 258 g/mol. The molecule has 0 spiro atoms. The van der Waals surface area contributed by atoms with E-state index in [0.29, 0.717) is 17.9 Å². The molecule has 0 radical (unpaired) electrons. The summed E-state index contributed by atoms with van der Waals surface area (Å²) < 4.78 is 0. The number of nitrogens with zero attached hydrogens (tertiary/aromatic N) is 2. The van der Waals surface area contributed by atoms with Gasteiger partial charge in [0.1, 0.15) is 6.04 Å². The number of pyridine rings is 1. The number of rotatable bonds is 2. The molecule has 0 aliphatic carbocycles. The second-order valence-electron chi connectivity index (χ2n) is 5.16. The lowest BCUT2D eigenvalue weighted by Gasteiger charge is -2.37. The second kappa shape index (κ2) is 5.90. The van der Waals surface area contributed by atoms with Gasteiger partial charge in [-0.15, -0.1) is 0 Å². The molecule has 6 nitrogen and oxygen atoms in total. The number of hydrogen-bond acceptors (Lipinski definition) is 3. The third-order valence-corrected chi connectivity index (χ3v) is 3.70. The topological polar surface area (TPSA) is 82.5 Å². The van der Waals surface area contributed by atoms with Gasteiger partial charge in [-0.1, -0.05) is 6.92 Å². The minimum absolute atomic E-state index is 0.0398. The molecule has 6 heteroatoms. The zero-order valence-corrected chi connectivity index (χ0v) is 11.7. The Hall–Kier alpha value is -2.11. The maximum Gasteiger partial charge on any atom is 0.326 e. The van der Waals surface area contributed by atoms with Crippen LogP contribution in [-0.2, 0) is 4.79 Å². The van der Waals surface area contributed by atoms with E-state index in [1.54, 1.807) is 25.3 Å². The van der Waals surface area contributed by atoms with Crippen molar-refractivity contribution in [2.24, 2.45) is 5.92 Å². The first-order valence-electron chi connectivity index (χ1n) is 6.72. The Morgan fingerprint density at radius 1 is 1.50 bits per heavy atom. The largest absolute Gasteiger partial charge is 0.480 e. The summed E-state index contributed by atoms with van der Waals surface area (Å²) in [6, 6.07) is 2.35. The molecule has 2 atom stereocenters. The Balaban J connectivity index is 2.15. The summed E-state index contributed by atoms with van der Waals surface area (Å²) >= 11 is 0. The quantitative estimate of drug-likeness (QED) is 0.867. The molecule has 0 aromatic carbocycles. The van der Waals surface area contributed by atoms with Crippen LogP contribution in [0.1, 0.15) is 25.5 Å². The number of anilines is 1. The molecule has 2 heterocycles. The minimum Gasteiger partial charge on any atom is -0.480 e. The van der Waals surface area contributed by atoms with Crippen LogP contribution in [0, 0.1) is 12.8 Å². The van der Waals surface area contributed by atoms with Crippen molar-refractivity contribution >= 4 is 17.7 Å². The van der Waals surface area contributed by atoms with E-state index in [1.165, 1.54) is 4.90 Å². The maximum absolute atomic E-state index is 12.3. The first-order valence-corrected chi connectivity index (χ1v) is 6.72. The fourth-order valence-corrected chi connectivity index (χ4v) is 2.60. The number of hydrogen-bond donors (Lipinski definition) is 2. The van der Waals surface area contributed by atoms with Crippen molar-refractivity contribution in [1.82, 2.24) is 9.88 Å². The lowest BCUT2D eigenvalue weighted by molar-refractivity contribution is -0.145. The van der Waals surface area contributed by atoms with Crippen molar-refractivity contribution in [2.75, 3.05) is 11.9 Å². The Morgan fingerprint density at radius 2 is 2.25 bits per heavy atom. The number of carbonyl (C=O) groups excluding carboxylic acids is 1. The number of urea groups is 1. The van der Waals surface area contributed by atoms with Crippen molar-refractivity contribution < 1.29 is 14.7 Å². The molecule has 0 saturated carbocycles. The lowest BCUT2D eigenvalue weighted by atomic mass is 9.91. The molecule has 1 aromatic rings. The van der Waals surface area contributed by atoms with Gasteiger partial charge < -0.3 is 15.3 Å². The Morgan fingerprint density at radius 3 is 2.90 bits per heavy atom. The molecule has 1 fully saturated rings. The molecule has 108 valence electrons. The highest BCUT2D eigenvalue weighted by Gasteiger charge is 2.37. The van der Waals surface area contributed by atoms with E-state index >= 15 is 0 Å². The van der Waals surface area contributed by atoms with Gasteiger partial charge >= 0.3 is 12.0 Å². The van der Waals surface area contributed by atoms with Crippen LogP contribution in [0.3, 0.4) is 0 Å². The molecule has 2 rings (SSSR count). The van der Waals surface area contributed by atoms with Crippen LogP contribution in [-0.4, -0.2) is 39.6 Å². The van der Waals surface area contributed by atoms with Crippen LogP contribution >= 0.6 is 0 Å². The number of amides is 2. The number of aromatic nitrogens is 1. The zero-order chi connectivity index (χ0) is 14.7. The van der Waals surface area contributed by atoms with Gasteiger partial charge in [-0.25, -0.2) is 9.59 Å². The molecule has 0 bridgehead atoms. The van der Waals surface area contributed by atoms with Gasteiger partial charge in [-0.2, -0.15) is 0 Å². The Bertz CT molecular complexity index is 518. The van der Waals surface area contributed by atoms with Crippen LogP contribution in [0.25, 0.3) is 0 Å². The van der Waals surface area contributed by atoms with Crippen LogP contribution in [0.2, 0.25) is 0 Å². The molecule has 1 saturated heterocycles. The monoisotopic (exact) mass is 277 g/mol. The summed E-state index contributed by atoms with van der Waals surface area (Å²) in [7, 11) is 0. The number of aliphatic carboxylic acids is 1. The van der Waals surface area contributed by atoms with Gasteiger partial charge in [0.15, 0.2) is 0 Å². The summed E-state index contributed by atoms with van der Waals surface area (Å²) in [6.45, 7) is 4.13. The van der Waals surface area contributed by atoms with Crippen LogP contribution < -0.4 is 5.32 Å². The summed E-state index contributed by atoms with van der Waals surface area (Å²) in [5.74, 6) is -0.989. The predicted molar refractivity (Wildman–Crippen MR) is 74.5 cm³/mol. The Kier molecular flexibility index (Phi) is 4.22. The highest BCUT2D eigenvalue weighted by molar-refractivity contribution is 5.93. The average Bonchev–Trinajstić information content (AvgIpc) is 2.40. The molecule has 2 unspecified atom stereocenters. The van der Waals surface area contributed by atoms with Crippen molar-refractivity contribution in [3.63, 3.8) is 0 Å². The van der Waals surface area contributed by atoms with Gasteiger partial charge in [-0.05, 0) is 37.8 Å². The summed E-state index contributed by atoms with van der Waals surface area (Å²) in [5.41, 5.74) is 1.32. The van der Waals surface area contributed by atoms with E-state index in [9.17, 15) is 14.7 Å². The maximum atomic E-state index is 12.3. The van der Waals surface area contributed by atoms with Crippen LogP contribution in [0.15, 0.2) is 18.3 Å². The van der Waals surface area contributed by atoms with Gasteiger partial charge in [0, 0.05) is 12.7 Å². The fourth-order valence-electron chi connectivity index (χ4n) is 2.60. The van der Waals surface area contributed by atoms with Crippen molar-refractivity contribution in [1.29, 1.82) is 0 Å². The second-order valence-corrected chi connectivity index (χ2v) is 5.16. The van der Waals surface area contributed by atoms with Gasteiger partial charge in [-0.3, -0.25) is 4.98 Å². The van der Waals surface area contributed by atoms with E-state index in [2.05, 4.69) is 10.3 Å². The number of piperidine rings is 1. The SMILES string of the molecule is Cc1ncccc1NC(=O)N1CCCC(C)C1C(=O)O. The summed E-state index contributed by atoms with van der Waals surface area (Å²) in [5, 5.41) is 12.1. The minimum atomic E-state index is -0.949. The summed E-state index contributed by atoms with van der Waals surface area (Å²) in [6.07, 6.45) is 3.30. The third-order valence-electron chi connectivity index (χ3n) is 3.70. The van der Waals surface area contributed by atoms with Gasteiger partial charge in [0.25, 0.3) is 0 Å². The van der Waals surface area contributed by atoms with E-state index in [4.69, 9.17) is 0 Å². The van der Waals surface area contributed by atoms with Crippen LogP contribution in [0.5, 0.6) is 0 Å². The first kappa shape index (κ1) is 14.3. The third kappa shape index (κ3) is 2.89. The predicted octanol–water partition coefficient (Wildman–Crippen LogP) is 2.11. The molecular formula is C14H19N3O3. The molecule has 20 heavy (non-hydrogen) atoms. The molecule has 1 aliphatic heterocycles. The average molecular weight is 277 g/mol. The lowest BCUT2D eigenvalue weighted by Crippen LogP contribution is -2.53. The van der Waals surface area contributed by atoms with Gasteiger partial charge in [0.05, 0.1) is 11.4 Å². The molecule has 1 aromatic heterocycles. The van der Waals surface area contributed by atoms with Gasteiger partial charge in [0.2, 0.25) is 0 Å². The van der Waals surface area contributed by atoms with Crippen molar-refractivity contribution in [3.8, 4) is 0 Å². The highest BCUT2D eigenvalue weighted by atomic mass is 16.4. The number of likely N-dealkylation sites (tertiary alicyclic amines) is 1. The molecule has 2 amide bonds. The van der Waals surface area contributed by atoms with E-state index < -0.39 is 12.0 Å². The van der Waals surface area contributed by atoms with Crippen molar-refractivity contribution in [2.45, 2.75) is 32.7 Å². The smallest absolute Gasteiger partial charge is 0.326 e. The van der Waals surface area contributed by atoms with E-state index in [0.717, 1.165) is 12.8 Å². The standard InChI is InChI=1S/C14H19N3O3/c1-9-5-4-8-17(12(9)13(18)19)14(20)16-11-6-3-7-15-10(11)2/h3,6-7,9,12H,4-5,8H2,1-2H3,(H,16,20)(H,18,19). The number of carboxylic acids is 1. The molecule has 2 N–H and O–H groups in total. The number of nitrogens with one attached hydrogen (secondary N) is 1. The molecule has 1 aliphatic rings. The number of carboxylic acid groups (broad SMARTS) is 1. The highest BCUT2D eigenvalue weighted by Crippen LogP contribution is 2.24. The zero-order valence-electron chi connectivity index (χ0n) is 11.7.